The third-order valence-electron chi connectivity index (χ3n) is 5.67. The highest BCUT2D eigenvalue weighted by Gasteiger charge is 2.30. The normalized spacial score (nSPS) is 28.2. The second kappa shape index (κ2) is 8.83. The van der Waals surface area contributed by atoms with E-state index in [4.69, 9.17) is 5.84 Å². The van der Waals surface area contributed by atoms with Gasteiger partial charge in [0.2, 0.25) is 0 Å². The predicted octanol–water partition coefficient (Wildman–Crippen LogP) is 0.249. The Morgan fingerprint density at radius 1 is 1.25 bits per heavy atom. The average molecular weight is 384 g/mol. The minimum atomic E-state index is -0.137. The summed E-state index contributed by atoms with van der Waals surface area (Å²) in [6.45, 7) is 4.99. The van der Waals surface area contributed by atoms with E-state index in [9.17, 15) is 4.79 Å². The van der Waals surface area contributed by atoms with Gasteiger partial charge in [-0.3, -0.25) is 20.5 Å². The lowest BCUT2D eigenvalue weighted by atomic mass is 10.1. The van der Waals surface area contributed by atoms with Crippen LogP contribution in [0, 0.1) is 5.92 Å². The highest BCUT2D eigenvalue weighted by molar-refractivity contribution is 6.03. The number of nitrogens with one attached hydrogen (secondary N) is 3. The van der Waals surface area contributed by atoms with Gasteiger partial charge in [-0.25, -0.2) is 5.01 Å². The van der Waals surface area contributed by atoms with Crippen LogP contribution in [-0.4, -0.2) is 65.7 Å². The molecule has 0 saturated carbocycles. The van der Waals surface area contributed by atoms with Crippen molar-refractivity contribution in [2.75, 3.05) is 38.0 Å². The number of nitrogens with two attached hydrogens (primary N) is 1. The number of pyridine rings is 1. The molecule has 0 bridgehead atoms. The predicted molar refractivity (Wildman–Crippen MR) is 109 cm³/mol. The van der Waals surface area contributed by atoms with E-state index in [-0.39, 0.29) is 12.1 Å². The van der Waals surface area contributed by atoms with E-state index in [2.05, 4.69) is 31.9 Å². The maximum Gasteiger partial charge on any atom is 0.271 e. The monoisotopic (exact) mass is 383 g/mol. The number of hydrogen-bond acceptors (Lipinski definition) is 7. The van der Waals surface area contributed by atoms with Crippen molar-refractivity contribution in [1.82, 2.24) is 25.5 Å². The molecule has 28 heavy (non-hydrogen) atoms. The first kappa shape index (κ1) is 19.1. The summed E-state index contributed by atoms with van der Waals surface area (Å²) >= 11 is 0. The SMILES string of the molecule is NN1CC[C@@H](CN[C@@H]2CCN(C3C=CC=C(C(=O)Nc4ccncc4)N3)C2)C1. The third-order valence-corrected chi connectivity index (χ3v) is 5.67. The zero-order valence-corrected chi connectivity index (χ0v) is 16.1. The molecule has 0 aromatic carbocycles. The Balaban J connectivity index is 1.25. The third kappa shape index (κ3) is 4.77. The van der Waals surface area contributed by atoms with E-state index in [1.54, 1.807) is 24.5 Å². The average Bonchev–Trinajstić information content (AvgIpc) is 3.36. The summed E-state index contributed by atoms with van der Waals surface area (Å²) < 4.78 is 0. The number of dihydropyridines is 1. The summed E-state index contributed by atoms with van der Waals surface area (Å²) in [6, 6.07) is 4.04. The summed E-state index contributed by atoms with van der Waals surface area (Å²) in [6.07, 6.45) is 11.5. The first-order valence-corrected chi connectivity index (χ1v) is 10.0. The standard InChI is InChI=1S/C20H29N7O/c21-27-11-6-15(13-27)12-23-17-7-10-26(14-17)19-3-1-2-18(25-19)20(28)24-16-4-8-22-9-5-16/h1-5,8-9,15,17,19,23,25H,6-7,10-14,21H2,(H,22,24,28)/t15-,17+,19?/m0/s1. The fraction of sp³-hybridized carbons (Fsp3) is 0.500. The molecular weight excluding hydrogens is 354 g/mol. The lowest BCUT2D eigenvalue weighted by Crippen LogP contribution is -2.47. The van der Waals surface area contributed by atoms with Crippen molar-refractivity contribution < 1.29 is 4.79 Å². The van der Waals surface area contributed by atoms with E-state index >= 15 is 0 Å². The zero-order chi connectivity index (χ0) is 19.3. The van der Waals surface area contributed by atoms with Crippen molar-refractivity contribution in [3.8, 4) is 0 Å². The van der Waals surface area contributed by atoms with Crippen molar-refractivity contribution in [3.63, 3.8) is 0 Å². The van der Waals surface area contributed by atoms with Gasteiger partial charge in [0.1, 0.15) is 5.70 Å². The number of aromatic nitrogens is 1. The maximum atomic E-state index is 12.5. The molecule has 3 atom stereocenters. The number of likely N-dealkylation sites (tertiary alicyclic amines) is 1. The molecule has 1 unspecified atom stereocenters. The van der Waals surface area contributed by atoms with Gasteiger partial charge in [-0.1, -0.05) is 6.08 Å². The molecule has 8 heteroatoms. The first-order valence-electron chi connectivity index (χ1n) is 10.0. The quantitative estimate of drug-likeness (QED) is 0.523. The van der Waals surface area contributed by atoms with Gasteiger partial charge in [0.25, 0.3) is 5.91 Å². The van der Waals surface area contributed by atoms with Gasteiger partial charge >= 0.3 is 0 Å². The maximum absolute atomic E-state index is 12.5. The van der Waals surface area contributed by atoms with E-state index in [0.717, 1.165) is 44.8 Å². The van der Waals surface area contributed by atoms with Crippen molar-refractivity contribution in [3.05, 3.63) is 48.5 Å². The Morgan fingerprint density at radius 3 is 2.89 bits per heavy atom. The van der Waals surface area contributed by atoms with Crippen LogP contribution in [0.1, 0.15) is 12.8 Å². The summed E-state index contributed by atoms with van der Waals surface area (Å²) in [4.78, 5) is 18.9. The second-order valence-corrected chi connectivity index (χ2v) is 7.78. The molecule has 150 valence electrons. The molecule has 0 aliphatic carbocycles. The Labute approximate surface area is 165 Å². The van der Waals surface area contributed by atoms with Gasteiger partial charge < -0.3 is 16.0 Å². The molecular formula is C20H29N7O. The summed E-state index contributed by atoms with van der Waals surface area (Å²) in [5.41, 5.74) is 1.32. The lowest BCUT2D eigenvalue weighted by molar-refractivity contribution is -0.113. The number of carbonyl (C=O) groups excluding carboxylic acids is 1. The molecule has 4 heterocycles. The minimum absolute atomic E-state index is 0.0426. The van der Waals surface area contributed by atoms with Crippen LogP contribution in [0.4, 0.5) is 5.69 Å². The van der Waals surface area contributed by atoms with Gasteiger partial charge in [0.05, 0.1) is 6.17 Å². The van der Waals surface area contributed by atoms with Crippen LogP contribution in [0.15, 0.2) is 48.5 Å². The van der Waals surface area contributed by atoms with Crippen molar-refractivity contribution in [2.24, 2.45) is 11.8 Å². The fourth-order valence-corrected chi connectivity index (χ4v) is 4.07. The number of amides is 1. The molecule has 3 aliphatic heterocycles. The smallest absolute Gasteiger partial charge is 0.271 e. The fourth-order valence-electron chi connectivity index (χ4n) is 4.07. The van der Waals surface area contributed by atoms with Gasteiger partial charge in [0, 0.05) is 50.3 Å². The van der Waals surface area contributed by atoms with Crippen molar-refractivity contribution in [1.29, 1.82) is 0 Å². The molecule has 0 spiro atoms. The highest BCUT2D eigenvalue weighted by Crippen LogP contribution is 2.18. The summed E-state index contributed by atoms with van der Waals surface area (Å²) in [7, 11) is 0. The number of nitrogens with zero attached hydrogens (tertiary/aromatic N) is 3. The van der Waals surface area contributed by atoms with Gasteiger partial charge in [-0.15, -0.1) is 0 Å². The van der Waals surface area contributed by atoms with E-state index in [1.165, 1.54) is 6.42 Å². The van der Waals surface area contributed by atoms with Crippen LogP contribution in [0.2, 0.25) is 0 Å². The van der Waals surface area contributed by atoms with Crippen LogP contribution < -0.4 is 21.8 Å². The molecule has 4 rings (SSSR count). The summed E-state index contributed by atoms with van der Waals surface area (Å²) in [5, 5.41) is 11.9. The second-order valence-electron chi connectivity index (χ2n) is 7.78. The number of allylic oxidation sites excluding steroid dienone is 2. The molecule has 2 fully saturated rings. The van der Waals surface area contributed by atoms with Gasteiger partial charge in [0.15, 0.2) is 0 Å². The molecule has 1 amide bonds. The Bertz CT molecular complexity index is 735. The van der Waals surface area contributed by atoms with Gasteiger partial charge in [-0.2, -0.15) is 0 Å². The number of carbonyl (C=O) groups is 1. The Morgan fingerprint density at radius 2 is 2.11 bits per heavy atom. The summed E-state index contributed by atoms with van der Waals surface area (Å²) in [5.74, 6) is 6.37. The molecule has 1 aromatic heterocycles. The molecule has 2 saturated heterocycles. The van der Waals surface area contributed by atoms with Crippen LogP contribution in [-0.2, 0) is 4.79 Å². The van der Waals surface area contributed by atoms with Crippen LogP contribution >= 0.6 is 0 Å². The number of rotatable bonds is 6. The first-order chi connectivity index (χ1) is 13.7. The topological polar surface area (TPSA) is 98.5 Å². The number of anilines is 1. The Hall–Kier alpha value is -2.26. The molecule has 0 radical (unpaired) electrons. The molecule has 1 aromatic rings. The molecule has 8 nitrogen and oxygen atoms in total. The van der Waals surface area contributed by atoms with E-state index in [1.807, 2.05) is 17.2 Å². The lowest BCUT2D eigenvalue weighted by Gasteiger charge is -2.29. The van der Waals surface area contributed by atoms with E-state index in [0.29, 0.717) is 17.7 Å². The van der Waals surface area contributed by atoms with Crippen molar-refractivity contribution in [2.45, 2.75) is 25.0 Å². The van der Waals surface area contributed by atoms with Crippen LogP contribution in [0.25, 0.3) is 0 Å². The Kier molecular flexibility index (Phi) is 6.01. The van der Waals surface area contributed by atoms with E-state index < -0.39 is 0 Å². The zero-order valence-electron chi connectivity index (χ0n) is 16.1. The minimum Gasteiger partial charge on any atom is -0.362 e. The van der Waals surface area contributed by atoms with Crippen LogP contribution in [0.5, 0.6) is 0 Å². The van der Waals surface area contributed by atoms with Crippen molar-refractivity contribution >= 4 is 11.6 Å². The molecule has 3 aliphatic rings. The number of hydrogen-bond donors (Lipinski definition) is 4. The molecule has 5 N–H and O–H groups in total. The largest absolute Gasteiger partial charge is 0.362 e. The van der Waals surface area contributed by atoms with Crippen LogP contribution in [0.3, 0.4) is 0 Å². The van der Waals surface area contributed by atoms with Gasteiger partial charge in [-0.05, 0) is 49.6 Å². The number of hydrazine groups is 1. The highest BCUT2D eigenvalue weighted by atomic mass is 16.2.